The molecule has 0 heterocycles. The second-order valence-electron chi connectivity index (χ2n) is 4.09. The van der Waals surface area contributed by atoms with Gasteiger partial charge in [0.25, 0.3) is 0 Å². The molecule has 1 rings (SSSR count). The topological polar surface area (TPSA) is 57.6 Å². The minimum absolute atomic E-state index is 0.0261. The van der Waals surface area contributed by atoms with Gasteiger partial charge in [0.2, 0.25) is 5.91 Å². The number of hydrogen-bond acceptors (Lipinski definition) is 2. The summed E-state index contributed by atoms with van der Waals surface area (Å²) in [5.74, 6) is -0.556. The summed E-state index contributed by atoms with van der Waals surface area (Å²) in [6.07, 6.45) is 2.20. The second kappa shape index (κ2) is 3.98. The fraction of sp³-hybridized carbons (Fsp3) is 0.800. The van der Waals surface area contributed by atoms with Crippen LogP contribution in [0.15, 0.2) is 0 Å². The highest BCUT2D eigenvalue weighted by molar-refractivity contribution is 5.84. The molecule has 1 saturated carbocycles. The van der Waals surface area contributed by atoms with E-state index in [0.29, 0.717) is 5.92 Å². The Labute approximate surface area is 83.9 Å². The summed E-state index contributed by atoms with van der Waals surface area (Å²) in [7, 11) is 1.56. The van der Waals surface area contributed by atoms with Crippen molar-refractivity contribution in [2.24, 2.45) is 11.8 Å². The van der Waals surface area contributed by atoms with E-state index >= 15 is 0 Å². The third-order valence-corrected chi connectivity index (χ3v) is 3.00. The van der Waals surface area contributed by atoms with Crippen LogP contribution in [0.25, 0.3) is 0 Å². The molecule has 0 radical (unpaired) electrons. The van der Waals surface area contributed by atoms with Crippen molar-refractivity contribution in [1.82, 2.24) is 4.90 Å². The van der Waals surface area contributed by atoms with Crippen LogP contribution < -0.4 is 0 Å². The number of carboxylic acid groups (broad SMARTS) is 1. The Morgan fingerprint density at radius 3 is 2.21 bits per heavy atom. The van der Waals surface area contributed by atoms with E-state index in [4.69, 9.17) is 5.11 Å². The van der Waals surface area contributed by atoms with E-state index in [1.54, 1.807) is 7.05 Å². The maximum atomic E-state index is 11.7. The first-order chi connectivity index (χ1) is 6.45. The largest absolute Gasteiger partial charge is 0.480 e. The molecular formula is C10H17NO3. The molecule has 80 valence electrons. The number of nitrogens with zero attached hydrogens (tertiary/aromatic N) is 1. The van der Waals surface area contributed by atoms with Crippen LogP contribution in [-0.4, -0.2) is 35.0 Å². The Kier molecular flexibility index (Phi) is 3.13. The van der Waals surface area contributed by atoms with Crippen molar-refractivity contribution >= 4 is 11.9 Å². The maximum Gasteiger partial charge on any atom is 0.326 e. The number of carbonyl (C=O) groups is 2. The van der Waals surface area contributed by atoms with Gasteiger partial charge in [-0.1, -0.05) is 6.92 Å². The first-order valence-electron chi connectivity index (χ1n) is 4.94. The molecule has 1 aliphatic carbocycles. The molecule has 1 amide bonds. The van der Waals surface area contributed by atoms with Crippen LogP contribution in [-0.2, 0) is 9.59 Å². The molecule has 0 saturated heterocycles. The molecule has 0 aromatic rings. The van der Waals surface area contributed by atoms with E-state index in [9.17, 15) is 9.59 Å². The van der Waals surface area contributed by atoms with Gasteiger partial charge in [0, 0.05) is 13.0 Å². The molecule has 0 aliphatic heterocycles. The number of hydrogen-bond donors (Lipinski definition) is 1. The van der Waals surface area contributed by atoms with Gasteiger partial charge in [-0.3, -0.25) is 4.79 Å². The van der Waals surface area contributed by atoms with Gasteiger partial charge in [0.1, 0.15) is 6.04 Å². The summed E-state index contributed by atoms with van der Waals surface area (Å²) >= 11 is 0. The summed E-state index contributed by atoms with van der Waals surface area (Å²) in [5.41, 5.74) is 0. The molecule has 2 atom stereocenters. The Hall–Kier alpha value is -1.06. The summed E-state index contributed by atoms with van der Waals surface area (Å²) in [6.45, 7) is 3.41. The minimum Gasteiger partial charge on any atom is -0.480 e. The Balaban J connectivity index is 2.54. The zero-order valence-electron chi connectivity index (χ0n) is 8.86. The maximum absolute atomic E-state index is 11.7. The Bertz CT molecular complexity index is 248. The van der Waals surface area contributed by atoms with Crippen molar-refractivity contribution in [3.8, 4) is 0 Å². The highest BCUT2D eigenvalue weighted by Gasteiger charge is 2.35. The Morgan fingerprint density at radius 2 is 1.86 bits per heavy atom. The van der Waals surface area contributed by atoms with Crippen LogP contribution in [0.2, 0.25) is 0 Å². The summed E-state index contributed by atoms with van der Waals surface area (Å²) in [6, 6.07) is -0.733. The minimum atomic E-state index is -0.955. The molecule has 0 aromatic carbocycles. The lowest BCUT2D eigenvalue weighted by molar-refractivity contribution is -0.149. The number of amides is 1. The van der Waals surface area contributed by atoms with E-state index in [2.05, 4.69) is 0 Å². The van der Waals surface area contributed by atoms with Crippen molar-refractivity contribution in [2.45, 2.75) is 32.7 Å². The summed E-state index contributed by atoms with van der Waals surface area (Å²) < 4.78 is 0. The average Bonchev–Trinajstić information content (AvgIpc) is 2.96. The standard InChI is InChI=1S/C10H17NO3/c1-6(8-4-5-8)9(12)11(3)7(2)10(13)14/h6-8H,4-5H2,1-3H3,(H,13,14). The molecule has 0 spiro atoms. The van der Waals surface area contributed by atoms with Gasteiger partial charge >= 0.3 is 5.97 Å². The molecule has 4 nitrogen and oxygen atoms in total. The first-order valence-corrected chi connectivity index (χ1v) is 4.94. The third-order valence-electron chi connectivity index (χ3n) is 3.00. The number of likely N-dealkylation sites (N-methyl/N-ethyl adjacent to an activating group) is 1. The van der Waals surface area contributed by atoms with Crippen molar-refractivity contribution in [3.05, 3.63) is 0 Å². The first kappa shape index (κ1) is 11.0. The van der Waals surface area contributed by atoms with Crippen LogP contribution in [0.4, 0.5) is 0 Å². The van der Waals surface area contributed by atoms with Crippen LogP contribution in [0, 0.1) is 11.8 Å². The van der Waals surface area contributed by atoms with Gasteiger partial charge < -0.3 is 10.0 Å². The molecule has 14 heavy (non-hydrogen) atoms. The molecule has 1 aliphatic rings. The summed E-state index contributed by atoms with van der Waals surface area (Å²) in [4.78, 5) is 23.7. The van der Waals surface area contributed by atoms with Gasteiger partial charge in [0.05, 0.1) is 0 Å². The fourth-order valence-corrected chi connectivity index (χ4v) is 1.48. The third kappa shape index (κ3) is 2.25. The van der Waals surface area contributed by atoms with Crippen LogP contribution in [0.5, 0.6) is 0 Å². The predicted molar refractivity (Wildman–Crippen MR) is 51.8 cm³/mol. The van der Waals surface area contributed by atoms with E-state index in [1.807, 2.05) is 6.92 Å². The zero-order valence-corrected chi connectivity index (χ0v) is 8.86. The summed E-state index contributed by atoms with van der Waals surface area (Å²) in [5, 5.41) is 8.74. The lowest BCUT2D eigenvalue weighted by atomic mass is 10.0. The van der Waals surface area contributed by atoms with Crippen molar-refractivity contribution in [2.75, 3.05) is 7.05 Å². The van der Waals surface area contributed by atoms with E-state index < -0.39 is 12.0 Å². The van der Waals surface area contributed by atoms with Crippen molar-refractivity contribution in [3.63, 3.8) is 0 Å². The van der Waals surface area contributed by atoms with Crippen LogP contribution in [0.3, 0.4) is 0 Å². The van der Waals surface area contributed by atoms with Crippen molar-refractivity contribution < 1.29 is 14.7 Å². The van der Waals surface area contributed by atoms with E-state index in [1.165, 1.54) is 11.8 Å². The van der Waals surface area contributed by atoms with Crippen LogP contribution >= 0.6 is 0 Å². The monoisotopic (exact) mass is 199 g/mol. The SMILES string of the molecule is CC(C(=O)N(C)C(C)C(=O)O)C1CC1. The molecule has 2 unspecified atom stereocenters. The normalized spacial score (nSPS) is 19.9. The smallest absolute Gasteiger partial charge is 0.326 e. The molecule has 4 heteroatoms. The second-order valence-corrected chi connectivity index (χ2v) is 4.09. The van der Waals surface area contributed by atoms with Crippen molar-refractivity contribution in [1.29, 1.82) is 0 Å². The van der Waals surface area contributed by atoms with Gasteiger partial charge in [-0.05, 0) is 25.7 Å². The molecule has 0 bridgehead atoms. The van der Waals surface area contributed by atoms with Gasteiger partial charge in [-0.15, -0.1) is 0 Å². The molecular weight excluding hydrogens is 182 g/mol. The predicted octanol–water partition coefficient (Wildman–Crippen LogP) is 0.964. The number of rotatable bonds is 4. The number of carbonyl (C=O) groups excluding carboxylic acids is 1. The molecule has 0 aromatic heterocycles. The lowest BCUT2D eigenvalue weighted by Gasteiger charge is -2.24. The van der Waals surface area contributed by atoms with Gasteiger partial charge in [0.15, 0.2) is 0 Å². The highest BCUT2D eigenvalue weighted by atomic mass is 16.4. The average molecular weight is 199 g/mol. The highest BCUT2D eigenvalue weighted by Crippen LogP contribution is 2.37. The number of carboxylic acids is 1. The van der Waals surface area contributed by atoms with E-state index in [0.717, 1.165) is 12.8 Å². The van der Waals surface area contributed by atoms with Gasteiger partial charge in [-0.2, -0.15) is 0 Å². The molecule has 1 N–H and O–H groups in total. The zero-order chi connectivity index (χ0) is 10.9. The molecule has 1 fully saturated rings. The lowest BCUT2D eigenvalue weighted by Crippen LogP contribution is -2.43. The van der Waals surface area contributed by atoms with E-state index in [-0.39, 0.29) is 11.8 Å². The fourth-order valence-electron chi connectivity index (χ4n) is 1.48. The quantitative estimate of drug-likeness (QED) is 0.733. The van der Waals surface area contributed by atoms with Crippen LogP contribution in [0.1, 0.15) is 26.7 Å². The Morgan fingerprint density at radius 1 is 1.36 bits per heavy atom. The van der Waals surface area contributed by atoms with Gasteiger partial charge in [-0.25, -0.2) is 4.79 Å². The number of aliphatic carboxylic acids is 1.